The van der Waals surface area contributed by atoms with Crippen molar-refractivity contribution in [2.45, 2.75) is 19.0 Å². The normalized spacial score (nSPS) is 10.9. The summed E-state index contributed by atoms with van der Waals surface area (Å²) in [4.78, 5) is 41.1. The van der Waals surface area contributed by atoms with Crippen LogP contribution < -0.4 is 10.9 Å². The van der Waals surface area contributed by atoms with Gasteiger partial charge in [-0.2, -0.15) is 0 Å². The maximum Gasteiger partial charge on any atom is 0.289 e. The van der Waals surface area contributed by atoms with Crippen LogP contribution in [0.25, 0.3) is 16.6 Å². The Kier molecular flexibility index (Phi) is 6.67. The molecule has 34 heavy (non-hydrogen) atoms. The minimum Gasteiger partial charge on any atom is -0.325 e. The van der Waals surface area contributed by atoms with E-state index in [4.69, 9.17) is 11.6 Å². The third-order valence-corrected chi connectivity index (χ3v) is 6.36. The molecular formula is C24H19ClN4O4S. The van der Waals surface area contributed by atoms with Gasteiger partial charge in [-0.1, -0.05) is 53.2 Å². The Morgan fingerprint density at radius 1 is 1.15 bits per heavy atom. The van der Waals surface area contributed by atoms with Crippen LogP contribution in [0.4, 0.5) is 11.4 Å². The second kappa shape index (κ2) is 9.66. The van der Waals surface area contributed by atoms with Gasteiger partial charge in [-0.05, 0) is 49.7 Å². The van der Waals surface area contributed by atoms with Crippen molar-refractivity contribution >= 4 is 51.5 Å². The highest BCUT2D eigenvalue weighted by molar-refractivity contribution is 7.99. The van der Waals surface area contributed by atoms with Gasteiger partial charge in [-0.3, -0.25) is 24.3 Å². The number of nitro groups is 1. The molecule has 8 nitrogen and oxygen atoms in total. The zero-order valence-corrected chi connectivity index (χ0v) is 19.8. The summed E-state index contributed by atoms with van der Waals surface area (Å²) in [6.07, 6.45) is 0. The molecule has 172 valence electrons. The van der Waals surface area contributed by atoms with Crippen LogP contribution in [0.1, 0.15) is 11.1 Å². The van der Waals surface area contributed by atoms with Gasteiger partial charge in [0.15, 0.2) is 5.16 Å². The van der Waals surface area contributed by atoms with E-state index in [0.29, 0.717) is 21.7 Å². The molecule has 1 amide bonds. The molecule has 10 heteroatoms. The molecular weight excluding hydrogens is 476 g/mol. The smallest absolute Gasteiger partial charge is 0.289 e. The molecule has 0 saturated carbocycles. The number of nitrogens with one attached hydrogen (secondary N) is 1. The first kappa shape index (κ1) is 23.5. The van der Waals surface area contributed by atoms with Gasteiger partial charge in [-0.15, -0.1) is 0 Å². The SMILES string of the molecule is Cc1ccc(-n2c(SCC(=O)Nc3ccc(Cl)c([N+](=O)[O-])c3)nc3ccccc3c2=O)c(C)c1. The summed E-state index contributed by atoms with van der Waals surface area (Å²) in [5, 5.41) is 14.5. The molecule has 0 saturated heterocycles. The van der Waals surface area contributed by atoms with Gasteiger partial charge in [0.2, 0.25) is 5.91 Å². The predicted octanol–water partition coefficient (Wildman–Crippen LogP) is 5.29. The number of amides is 1. The number of benzene rings is 3. The predicted molar refractivity (Wildman–Crippen MR) is 134 cm³/mol. The van der Waals surface area contributed by atoms with Crippen molar-refractivity contribution in [1.29, 1.82) is 0 Å². The number of halogens is 1. The first-order valence-corrected chi connectivity index (χ1v) is 11.6. The van der Waals surface area contributed by atoms with E-state index in [9.17, 15) is 19.7 Å². The Bertz CT molecular complexity index is 1500. The monoisotopic (exact) mass is 494 g/mol. The standard InChI is InChI=1S/C24H19ClN4O4S/c1-14-7-10-20(15(2)11-14)28-23(31)17-5-3-4-6-19(17)27-24(28)34-13-22(30)26-16-8-9-18(25)21(12-16)29(32)33/h3-12H,13H2,1-2H3,(H,26,30). The Morgan fingerprint density at radius 3 is 2.65 bits per heavy atom. The number of carbonyl (C=O) groups is 1. The van der Waals surface area contributed by atoms with E-state index in [2.05, 4.69) is 10.3 Å². The molecule has 0 aliphatic rings. The lowest BCUT2D eigenvalue weighted by atomic mass is 10.1. The molecule has 1 heterocycles. The van der Waals surface area contributed by atoms with Crippen LogP contribution in [0.3, 0.4) is 0 Å². The summed E-state index contributed by atoms with van der Waals surface area (Å²) in [6.45, 7) is 3.89. The molecule has 3 aromatic carbocycles. The van der Waals surface area contributed by atoms with Crippen LogP contribution in [0, 0.1) is 24.0 Å². The van der Waals surface area contributed by atoms with Crippen molar-refractivity contribution in [3.05, 3.63) is 97.3 Å². The van der Waals surface area contributed by atoms with E-state index in [0.717, 1.165) is 22.9 Å². The first-order valence-electron chi connectivity index (χ1n) is 10.2. The van der Waals surface area contributed by atoms with Gasteiger partial charge >= 0.3 is 0 Å². The van der Waals surface area contributed by atoms with E-state index >= 15 is 0 Å². The van der Waals surface area contributed by atoms with Crippen LogP contribution in [0.2, 0.25) is 5.02 Å². The summed E-state index contributed by atoms with van der Waals surface area (Å²) in [7, 11) is 0. The minimum atomic E-state index is -0.617. The maximum absolute atomic E-state index is 13.4. The molecule has 4 aromatic rings. The average molecular weight is 495 g/mol. The zero-order valence-electron chi connectivity index (χ0n) is 18.2. The van der Waals surface area contributed by atoms with Gasteiger partial charge in [0.25, 0.3) is 11.2 Å². The second-order valence-electron chi connectivity index (χ2n) is 7.60. The Hall–Kier alpha value is -3.69. The molecule has 4 rings (SSSR count). The van der Waals surface area contributed by atoms with Crippen molar-refractivity contribution in [1.82, 2.24) is 9.55 Å². The third kappa shape index (κ3) is 4.80. The summed E-state index contributed by atoms with van der Waals surface area (Å²) < 4.78 is 1.52. The largest absolute Gasteiger partial charge is 0.325 e. The molecule has 0 bridgehead atoms. The van der Waals surface area contributed by atoms with Crippen molar-refractivity contribution < 1.29 is 9.72 Å². The molecule has 0 unspecified atom stereocenters. The topological polar surface area (TPSA) is 107 Å². The average Bonchev–Trinajstić information content (AvgIpc) is 2.80. The lowest BCUT2D eigenvalue weighted by molar-refractivity contribution is -0.384. The van der Waals surface area contributed by atoms with E-state index in [1.165, 1.54) is 22.8 Å². The fraction of sp³-hybridized carbons (Fsp3) is 0.125. The Morgan fingerprint density at radius 2 is 1.91 bits per heavy atom. The molecule has 1 N–H and O–H groups in total. The number of para-hydroxylation sites is 1. The maximum atomic E-state index is 13.4. The number of hydrogen-bond acceptors (Lipinski definition) is 6. The van der Waals surface area contributed by atoms with Crippen LogP contribution in [-0.4, -0.2) is 26.1 Å². The van der Waals surface area contributed by atoms with Crippen molar-refractivity contribution in [3.8, 4) is 5.69 Å². The quantitative estimate of drug-likeness (QED) is 0.169. The van der Waals surface area contributed by atoms with E-state index in [-0.39, 0.29) is 27.7 Å². The summed E-state index contributed by atoms with van der Waals surface area (Å²) in [5.74, 6) is -0.470. The highest BCUT2D eigenvalue weighted by atomic mass is 35.5. The number of fused-ring (bicyclic) bond motifs is 1. The van der Waals surface area contributed by atoms with Crippen molar-refractivity contribution in [2.24, 2.45) is 0 Å². The lowest BCUT2D eigenvalue weighted by Crippen LogP contribution is -2.23. The summed E-state index contributed by atoms with van der Waals surface area (Å²) >= 11 is 6.94. The van der Waals surface area contributed by atoms with Crippen molar-refractivity contribution in [3.63, 3.8) is 0 Å². The number of anilines is 1. The number of aromatic nitrogens is 2. The van der Waals surface area contributed by atoms with Crippen LogP contribution in [0.15, 0.2) is 70.6 Å². The third-order valence-electron chi connectivity index (χ3n) is 5.10. The summed E-state index contributed by atoms with van der Waals surface area (Å²) in [5.41, 5.74) is 2.91. The molecule has 0 spiro atoms. The highest BCUT2D eigenvalue weighted by Gasteiger charge is 2.17. The lowest BCUT2D eigenvalue weighted by Gasteiger charge is -2.15. The molecule has 0 atom stereocenters. The number of nitrogens with zero attached hydrogens (tertiary/aromatic N) is 3. The van der Waals surface area contributed by atoms with Gasteiger partial charge in [0.1, 0.15) is 5.02 Å². The van der Waals surface area contributed by atoms with Crippen LogP contribution in [0.5, 0.6) is 0 Å². The Labute approximate surface area is 203 Å². The van der Waals surface area contributed by atoms with E-state index < -0.39 is 10.8 Å². The Balaban J connectivity index is 1.66. The van der Waals surface area contributed by atoms with Gasteiger partial charge < -0.3 is 5.32 Å². The summed E-state index contributed by atoms with van der Waals surface area (Å²) in [6, 6.07) is 16.8. The molecule has 0 radical (unpaired) electrons. The molecule has 0 fully saturated rings. The zero-order chi connectivity index (χ0) is 24.4. The fourth-order valence-corrected chi connectivity index (χ4v) is 4.53. The first-order chi connectivity index (χ1) is 16.2. The van der Waals surface area contributed by atoms with E-state index in [1.807, 2.05) is 32.0 Å². The minimum absolute atomic E-state index is 0.0183. The van der Waals surface area contributed by atoms with Gasteiger partial charge in [0.05, 0.1) is 27.3 Å². The van der Waals surface area contributed by atoms with E-state index in [1.54, 1.807) is 24.3 Å². The number of hydrogen-bond donors (Lipinski definition) is 1. The number of rotatable bonds is 6. The number of aryl methyl sites for hydroxylation is 2. The fourth-order valence-electron chi connectivity index (χ4n) is 3.54. The second-order valence-corrected chi connectivity index (χ2v) is 8.95. The van der Waals surface area contributed by atoms with Crippen LogP contribution in [-0.2, 0) is 4.79 Å². The van der Waals surface area contributed by atoms with Crippen molar-refractivity contribution in [2.75, 3.05) is 11.1 Å². The number of nitro benzene ring substituents is 1. The number of carbonyl (C=O) groups excluding carboxylic acids is 1. The molecule has 1 aromatic heterocycles. The molecule has 0 aliphatic heterocycles. The highest BCUT2D eigenvalue weighted by Crippen LogP contribution is 2.28. The molecule has 0 aliphatic carbocycles. The number of thioether (sulfide) groups is 1. The van der Waals surface area contributed by atoms with Gasteiger partial charge in [0, 0.05) is 11.8 Å². The van der Waals surface area contributed by atoms with Gasteiger partial charge in [-0.25, -0.2) is 4.98 Å². The van der Waals surface area contributed by atoms with Crippen LogP contribution >= 0.6 is 23.4 Å².